The summed E-state index contributed by atoms with van der Waals surface area (Å²) in [7, 11) is 3.20. The van der Waals surface area contributed by atoms with E-state index in [2.05, 4.69) is 39.4 Å². The van der Waals surface area contributed by atoms with Crippen LogP contribution >= 0.6 is 0 Å². The first-order valence-electron chi connectivity index (χ1n) is 9.19. The number of aliphatic imine (C=N–C) groups is 1. The van der Waals surface area contributed by atoms with Crippen molar-refractivity contribution in [2.75, 3.05) is 27.2 Å². The molecule has 1 aromatic carbocycles. The number of carbonyl (C=O) groups excluding carboxylic acids is 1. The van der Waals surface area contributed by atoms with Crippen LogP contribution in [0.2, 0.25) is 0 Å². The van der Waals surface area contributed by atoms with Gasteiger partial charge >= 0.3 is 5.97 Å². The van der Waals surface area contributed by atoms with E-state index in [1.165, 1.54) is 12.7 Å². The molecule has 1 aromatic heterocycles. The number of methoxy groups -OCH3 is 1. The van der Waals surface area contributed by atoms with Gasteiger partial charge in [0.2, 0.25) is 0 Å². The van der Waals surface area contributed by atoms with E-state index in [1.54, 1.807) is 7.05 Å². The third kappa shape index (κ3) is 4.67. The van der Waals surface area contributed by atoms with Gasteiger partial charge in [0.25, 0.3) is 0 Å². The van der Waals surface area contributed by atoms with Gasteiger partial charge in [0.15, 0.2) is 5.96 Å². The molecule has 7 heteroatoms. The predicted octanol–water partition coefficient (Wildman–Crippen LogP) is 1.75. The van der Waals surface area contributed by atoms with E-state index in [4.69, 9.17) is 4.74 Å². The lowest BCUT2D eigenvalue weighted by Crippen LogP contribution is -2.40. The molecular weight excluding hydrogens is 342 g/mol. The molecule has 0 amide bonds. The number of benzene rings is 1. The summed E-state index contributed by atoms with van der Waals surface area (Å²) in [5.41, 5.74) is 2.31. The van der Waals surface area contributed by atoms with Crippen LogP contribution in [0.4, 0.5) is 0 Å². The van der Waals surface area contributed by atoms with Crippen molar-refractivity contribution in [1.82, 2.24) is 20.0 Å². The maximum Gasteiger partial charge on any atom is 0.310 e. The summed E-state index contributed by atoms with van der Waals surface area (Å²) >= 11 is 0. The fourth-order valence-electron chi connectivity index (χ4n) is 3.47. The fourth-order valence-corrected chi connectivity index (χ4v) is 3.47. The summed E-state index contributed by atoms with van der Waals surface area (Å²) in [6.45, 7) is 4.87. The van der Waals surface area contributed by atoms with E-state index in [0.717, 1.165) is 24.6 Å². The Morgan fingerprint density at radius 2 is 2.07 bits per heavy atom. The highest BCUT2D eigenvalue weighted by molar-refractivity contribution is 5.82. The molecule has 1 aliphatic heterocycles. The highest BCUT2D eigenvalue weighted by atomic mass is 16.5. The number of nitrogens with zero attached hydrogens (tertiary/aromatic N) is 4. The van der Waals surface area contributed by atoms with E-state index >= 15 is 0 Å². The molecule has 1 fully saturated rings. The predicted molar refractivity (Wildman–Crippen MR) is 104 cm³/mol. The van der Waals surface area contributed by atoms with Gasteiger partial charge < -0.3 is 15.0 Å². The molecule has 2 unspecified atom stereocenters. The summed E-state index contributed by atoms with van der Waals surface area (Å²) in [5, 5.41) is 7.81. The lowest BCUT2D eigenvalue weighted by atomic mass is 9.99. The van der Waals surface area contributed by atoms with Crippen molar-refractivity contribution < 1.29 is 9.53 Å². The Morgan fingerprint density at radius 3 is 2.78 bits per heavy atom. The first-order valence-corrected chi connectivity index (χ1v) is 9.19. The Labute approximate surface area is 160 Å². The third-order valence-electron chi connectivity index (χ3n) is 4.95. The Balaban J connectivity index is 1.55. The van der Waals surface area contributed by atoms with Crippen LogP contribution in [0.25, 0.3) is 0 Å². The standard InChI is InChI=1S/C20H27N5O2/c1-15-11-24(14-18(15)19(26)27-3)20(21-2)22-9-17-10-23-25(13-17)12-16-7-5-4-6-8-16/h4-8,10,13,15,18H,9,11-12,14H2,1-3H3,(H,21,22). The molecule has 27 heavy (non-hydrogen) atoms. The monoisotopic (exact) mass is 369 g/mol. The Kier molecular flexibility index (Phi) is 6.11. The van der Waals surface area contributed by atoms with Crippen molar-refractivity contribution in [2.24, 2.45) is 16.8 Å². The van der Waals surface area contributed by atoms with Crippen LogP contribution in [-0.2, 0) is 22.6 Å². The minimum atomic E-state index is -0.150. The van der Waals surface area contributed by atoms with Crippen molar-refractivity contribution in [3.8, 4) is 0 Å². The number of nitrogens with one attached hydrogen (secondary N) is 1. The number of likely N-dealkylation sites (tertiary alicyclic amines) is 1. The maximum atomic E-state index is 11.9. The number of hydrogen-bond donors (Lipinski definition) is 1. The number of carbonyl (C=O) groups is 1. The highest BCUT2D eigenvalue weighted by Gasteiger charge is 2.36. The van der Waals surface area contributed by atoms with E-state index in [9.17, 15) is 4.79 Å². The molecule has 0 saturated carbocycles. The molecule has 7 nitrogen and oxygen atoms in total. The molecule has 0 bridgehead atoms. The second-order valence-corrected chi connectivity index (χ2v) is 6.94. The first kappa shape index (κ1) is 18.9. The van der Waals surface area contributed by atoms with Gasteiger partial charge in [0, 0.05) is 38.4 Å². The lowest BCUT2D eigenvalue weighted by molar-refractivity contribution is -0.145. The minimum Gasteiger partial charge on any atom is -0.469 e. The molecule has 1 aliphatic rings. The molecule has 1 saturated heterocycles. The lowest BCUT2D eigenvalue weighted by Gasteiger charge is -2.21. The fraction of sp³-hybridized carbons (Fsp3) is 0.450. The van der Waals surface area contributed by atoms with Crippen LogP contribution in [0.15, 0.2) is 47.7 Å². The molecule has 144 valence electrons. The van der Waals surface area contributed by atoms with Crippen molar-refractivity contribution in [2.45, 2.75) is 20.0 Å². The van der Waals surface area contributed by atoms with Crippen LogP contribution in [0.5, 0.6) is 0 Å². The largest absolute Gasteiger partial charge is 0.469 e. The number of aromatic nitrogens is 2. The van der Waals surface area contributed by atoms with E-state index in [0.29, 0.717) is 13.1 Å². The van der Waals surface area contributed by atoms with Gasteiger partial charge in [-0.3, -0.25) is 14.5 Å². The normalized spacial score (nSPS) is 20.0. The molecule has 1 N–H and O–H groups in total. The smallest absolute Gasteiger partial charge is 0.310 e. The molecule has 0 aliphatic carbocycles. The van der Waals surface area contributed by atoms with Crippen molar-refractivity contribution in [3.05, 3.63) is 53.9 Å². The number of ether oxygens (including phenoxy) is 1. The first-order chi connectivity index (χ1) is 13.1. The second-order valence-electron chi connectivity index (χ2n) is 6.94. The zero-order valence-corrected chi connectivity index (χ0v) is 16.1. The van der Waals surface area contributed by atoms with E-state index in [1.807, 2.05) is 35.3 Å². The highest BCUT2D eigenvalue weighted by Crippen LogP contribution is 2.24. The van der Waals surface area contributed by atoms with Gasteiger partial charge in [-0.15, -0.1) is 0 Å². The van der Waals surface area contributed by atoms with Gasteiger partial charge in [-0.25, -0.2) is 0 Å². The average Bonchev–Trinajstić information content (AvgIpc) is 3.29. The number of esters is 1. The van der Waals surface area contributed by atoms with Crippen molar-refractivity contribution in [3.63, 3.8) is 0 Å². The summed E-state index contributed by atoms with van der Waals surface area (Å²) in [6.07, 6.45) is 3.91. The molecule has 3 rings (SSSR count). The molecule has 0 spiro atoms. The SMILES string of the molecule is CN=C(NCc1cnn(Cc2ccccc2)c1)N1CC(C)C(C(=O)OC)C1. The van der Waals surface area contributed by atoms with Crippen LogP contribution < -0.4 is 5.32 Å². The average molecular weight is 369 g/mol. The summed E-state index contributed by atoms with van der Waals surface area (Å²) < 4.78 is 6.84. The third-order valence-corrected chi connectivity index (χ3v) is 4.95. The molecule has 0 radical (unpaired) electrons. The quantitative estimate of drug-likeness (QED) is 0.494. The Morgan fingerprint density at radius 1 is 1.30 bits per heavy atom. The molecule has 2 atom stereocenters. The summed E-state index contributed by atoms with van der Waals surface area (Å²) in [4.78, 5) is 18.4. The number of rotatable bonds is 5. The van der Waals surface area contributed by atoms with Crippen LogP contribution in [0.3, 0.4) is 0 Å². The second kappa shape index (κ2) is 8.70. The Hall–Kier alpha value is -2.83. The minimum absolute atomic E-state index is 0.109. The van der Waals surface area contributed by atoms with Gasteiger partial charge in [-0.2, -0.15) is 5.10 Å². The molecule has 2 aromatic rings. The zero-order chi connectivity index (χ0) is 19.2. The molecular formula is C20H27N5O2. The van der Waals surface area contributed by atoms with Crippen molar-refractivity contribution >= 4 is 11.9 Å². The topological polar surface area (TPSA) is 71.8 Å². The van der Waals surface area contributed by atoms with Crippen LogP contribution in [0.1, 0.15) is 18.1 Å². The van der Waals surface area contributed by atoms with Gasteiger partial charge in [-0.1, -0.05) is 37.3 Å². The van der Waals surface area contributed by atoms with Gasteiger partial charge in [0.05, 0.1) is 25.8 Å². The number of hydrogen-bond acceptors (Lipinski definition) is 4. The van der Waals surface area contributed by atoms with Crippen LogP contribution in [-0.4, -0.2) is 53.9 Å². The van der Waals surface area contributed by atoms with Gasteiger partial charge in [0.1, 0.15) is 0 Å². The number of guanidine groups is 1. The van der Waals surface area contributed by atoms with E-state index in [-0.39, 0.29) is 17.8 Å². The van der Waals surface area contributed by atoms with E-state index < -0.39 is 0 Å². The zero-order valence-electron chi connectivity index (χ0n) is 16.1. The Bertz CT molecular complexity index is 787. The van der Waals surface area contributed by atoms with Crippen molar-refractivity contribution in [1.29, 1.82) is 0 Å². The summed E-state index contributed by atoms with van der Waals surface area (Å²) in [6, 6.07) is 10.3. The van der Waals surface area contributed by atoms with Crippen LogP contribution in [0, 0.1) is 11.8 Å². The summed E-state index contributed by atoms with van der Waals surface area (Å²) in [5.74, 6) is 0.776. The molecule has 2 heterocycles. The maximum absolute atomic E-state index is 11.9. The van der Waals surface area contributed by atoms with Gasteiger partial charge in [-0.05, 0) is 11.5 Å².